The molecule has 1 aromatic rings. The molecule has 1 aromatic carbocycles. The van der Waals surface area contributed by atoms with Crippen molar-refractivity contribution in [3.8, 4) is 0 Å². The van der Waals surface area contributed by atoms with Crippen LogP contribution in [0.5, 0.6) is 0 Å². The van der Waals surface area contributed by atoms with E-state index in [1.165, 1.54) is 6.07 Å². The zero-order valence-electron chi connectivity index (χ0n) is 10.9. The van der Waals surface area contributed by atoms with Crippen molar-refractivity contribution in [3.05, 3.63) is 35.1 Å². The number of hydrogen-bond donors (Lipinski definition) is 1. The lowest BCUT2D eigenvalue weighted by Crippen LogP contribution is -2.19. The molecule has 7 heteroatoms. The van der Waals surface area contributed by atoms with Gasteiger partial charge in [-0.15, -0.1) is 0 Å². The molecule has 0 unspecified atom stereocenters. The largest absolute Gasteiger partial charge is 0.466 e. The quantitative estimate of drug-likeness (QED) is 0.498. The van der Waals surface area contributed by atoms with E-state index in [2.05, 4.69) is 5.32 Å². The Morgan fingerprint density at radius 3 is 2.60 bits per heavy atom. The zero-order valence-corrected chi connectivity index (χ0v) is 10.9. The number of rotatable bonds is 6. The number of esters is 1. The number of benzene rings is 1. The third kappa shape index (κ3) is 5.16. The van der Waals surface area contributed by atoms with Crippen LogP contribution in [0.1, 0.15) is 24.5 Å². The zero-order chi connectivity index (χ0) is 15.2. The maximum atomic E-state index is 13.3. The monoisotopic (exact) mass is 293 g/mol. The van der Waals surface area contributed by atoms with E-state index in [0.29, 0.717) is 24.8 Å². The Morgan fingerprint density at radius 1 is 1.35 bits per heavy atom. The van der Waals surface area contributed by atoms with E-state index in [9.17, 15) is 22.4 Å². The van der Waals surface area contributed by atoms with Gasteiger partial charge < -0.3 is 10.1 Å². The first-order valence-electron chi connectivity index (χ1n) is 6.06. The molecule has 0 aliphatic rings. The SMILES string of the molecule is CCOC(=O)CCNCc1ccc(C(F)(F)F)c(F)c1. The van der Waals surface area contributed by atoms with Crippen LogP contribution >= 0.6 is 0 Å². The number of carbonyl (C=O) groups is 1. The van der Waals surface area contributed by atoms with Gasteiger partial charge in [0.05, 0.1) is 18.6 Å². The standard InChI is InChI=1S/C13H15F4NO2/c1-2-20-12(19)5-6-18-8-9-3-4-10(11(14)7-9)13(15,16)17/h3-4,7,18H,2,5-6,8H2,1H3. The van der Waals surface area contributed by atoms with E-state index in [1.54, 1.807) is 6.92 Å². The van der Waals surface area contributed by atoms with Gasteiger partial charge in [-0.1, -0.05) is 6.07 Å². The summed E-state index contributed by atoms with van der Waals surface area (Å²) in [7, 11) is 0. The molecule has 3 nitrogen and oxygen atoms in total. The van der Waals surface area contributed by atoms with Crippen LogP contribution in [0.25, 0.3) is 0 Å². The molecule has 0 amide bonds. The van der Waals surface area contributed by atoms with Gasteiger partial charge >= 0.3 is 12.1 Å². The summed E-state index contributed by atoms with van der Waals surface area (Å²) < 4.78 is 55.0. The summed E-state index contributed by atoms with van der Waals surface area (Å²) in [5.41, 5.74) is -0.910. The molecule has 0 aromatic heterocycles. The first-order chi connectivity index (χ1) is 9.34. The summed E-state index contributed by atoms with van der Waals surface area (Å²) in [5, 5.41) is 2.83. The Kier molecular flexibility index (Phi) is 5.94. The van der Waals surface area contributed by atoms with Crippen LogP contribution in [0.2, 0.25) is 0 Å². The van der Waals surface area contributed by atoms with Crippen molar-refractivity contribution in [2.24, 2.45) is 0 Å². The second-order valence-corrected chi connectivity index (χ2v) is 4.04. The summed E-state index contributed by atoms with van der Waals surface area (Å²) in [6.45, 7) is 2.47. The van der Waals surface area contributed by atoms with Crippen LogP contribution < -0.4 is 5.32 Å². The Bertz CT molecular complexity index is 460. The van der Waals surface area contributed by atoms with Crippen molar-refractivity contribution in [2.75, 3.05) is 13.2 Å². The highest BCUT2D eigenvalue weighted by molar-refractivity contribution is 5.69. The van der Waals surface area contributed by atoms with Crippen molar-refractivity contribution < 1.29 is 27.1 Å². The predicted octanol–water partition coefficient (Wildman–Crippen LogP) is 2.89. The van der Waals surface area contributed by atoms with E-state index in [4.69, 9.17) is 4.74 Å². The van der Waals surface area contributed by atoms with Crippen LogP contribution in [0.15, 0.2) is 18.2 Å². The third-order valence-electron chi connectivity index (χ3n) is 2.48. The van der Waals surface area contributed by atoms with Gasteiger partial charge in [0.2, 0.25) is 0 Å². The highest BCUT2D eigenvalue weighted by Gasteiger charge is 2.33. The van der Waals surface area contributed by atoms with Crippen LogP contribution in [0.4, 0.5) is 17.6 Å². The van der Waals surface area contributed by atoms with Crippen LogP contribution in [0.3, 0.4) is 0 Å². The fourth-order valence-electron chi connectivity index (χ4n) is 1.55. The lowest BCUT2D eigenvalue weighted by atomic mass is 10.1. The number of hydrogen-bond acceptors (Lipinski definition) is 3. The van der Waals surface area contributed by atoms with Crippen molar-refractivity contribution >= 4 is 5.97 Å². The number of carbonyl (C=O) groups excluding carboxylic acids is 1. The molecule has 0 bridgehead atoms. The van der Waals surface area contributed by atoms with Crippen molar-refractivity contribution in [1.82, 2.24) is 5.32 Å². The molecule has 112 valence electrons. The molecule has 0 saturated heterocycles. The summed E-state index contributed by atoms with van der Waals surface area (Å²) in [5.74, 6) is -1.67. The fraction of sp³-hybridized carbons (Fsp3) is 0.462. The summed E-state index contributed by atoms with van der Waals surface area (Å²) in [4.78, 5) is 11.0. The lowest BCUT2D eigenvalue weighted by Gasteiger charge is -2.10. The Hall–Kier alpha value is -1.63. The first kappa shape index (κ1) is 16.4. The van der Waals surface area contributed by atoms with Crippen LogP contribution in [-0.2, 0) is 22.3 Å². The smallest absolute Gasteiger partial charge is 0.419 e. The molecule has 0 aliphatic carbocycles. The predicted molar refractivity (Wildman–Crippen MR) is 64.4 cm³/mol. The molecule has 0 atom stereocenters. The van der Waals surface area contributed by atoms with Gasteiger partial charge in [0.1, 0.15) is 5.82 Å². The third-order valence-corrected chi connectivity index (χ3v) is 2.48. The van der Waals surface area contributed by atoms with E-state index in [-0.39, 0.29) is 18.9 Å². The molecule has 20 heavy (non-hydrogen) atoms. The molecule has 0 radical (unpaired) electrons. The van der Waals surface area contributed by atoms with Crippen molar-refractivity contribution in [1.29, 1.82) is 0 Å². The minimum absolute atomic E-state index is 0.150. The van der Waals surface area contributed by atoms with E-state index < -0.39 is 17.6 Å². The minimum Gasteiger partial charge on any atom is -0.466 e. The van der Waals surface area contributed by atoms with Gasteiger partial charge in [0.25, 0.3) is 0 Å². The van der Waals surface area contributed by atoms with Gasteiger partial charge in [-0.2, -0.15) is 13.2 Å². The molecular formula is C13H15F4NO2. The second kappa shape index (κ2) is 7.23. The van der Waals surface area contributed by atoms with Gasteiger partial charge in [0, 0.05) is 13.1 Å². The molecular weight excluding hydrogens is 278 g/mol. The summed E-state index contributed by atoms with van der Waals surface area (Å²) in [6, 6.07) is 2.74. The van der Waals surface area contributed by atoms with Gasteiger partial charge in [0.15, 0.2) is 0 Å². The molecule has 0 fully saturated rings. The molecule has 0 aliphatic heterocycles. The number of alkyl halides is 3. The Balaban J connectivity index is 2.46. The average Bonchev–Trinajstić information content (AvgIpc) is 2.33. The van der Waals surface area contributed by atoms with Crippen LogP contribution in [-0.4, -0.2) is 19.1 Å². The maximum Gasteiger partial charge on any atom is 0.419 e. The van der Waals surface area contributed by atoms with E-state index >= 15 is 0 Å². The van der Waals surface area contributed by atoms with E-state index in [1.807, 2.05) is 0 Å². The van der Waals surface area contributed by atoms with Gasteiger partial charge in [-0.3, -0.25) is 4.79 Å². The van der Waals surface area contributed by atoms with Crippen molar-refractivity contribution in [2.45, 2.75) is 26.1 Å². The van der Waals surface area contributed by atoms with Gasteiger partial charge in [-0.05, 0) is 24.6 Å². The number of nitrogens with one attached hydrogen (secondary N) is 1. The Labute approximate surface area is 113 Å². The number of ether oxygens (including phenoxy) is 1. The maximum absolute atomic E-state index is 13.3. The highest BCUT2D eigenvalue weighted by Crippen LogP contribution is 2.31. The highest BCUT2D eigenvalue weighted by atomic mass is 19.4. The topological polar surface area (TPSA) is 38.3 Å². The molecule has 1 N–H and O–H groups in total. The molecule has 0 spiro atoms. The van der Waals surface area contributed by atoms with E-state index in [0.717, 1.165) is 6.07 Å². The van der Waals surface area contributed by atoms with Gasteiger partial charge in [-0.25, -0.2) is 4.39 Å². The van der Waals surface area contributed by atoms with Crippen molar-refractivity contribution in [3.63, 3.8) is 0 Å². The summed E-state index contributed by atoms with van der Waals surface area (Å²) in [6.07, 6.45) is -4.54. The van der Waals surface area contributed by atoms with Crippen LogP contribution in [0, 0.1) is 5.82 Å². The fourth-order valence-corrected chi connectivity index (χ4v) is 1.55. The summed E-state index contributed by atoms with van der Waals surface area (Å²) >= 11 is 0. The normalized spacial score (nSPS) is 11.4. The molecule has 1 rings (SSSR count). The molecule has 0 heterocycles. The minimum atomic E-state index is -4.69. The second-order valence-electron chi connectivity index (χ2n) is 4.04. The molecule has 0 saturated carbocycles. The lowest BCUT2D eigenvalue weighted by molar-refractivity contribution is -0.143. The average molecular weight is 293 g/mol. The Morgan fingerprint density at radius 2 is 2.05 bits per heavy atom. The number of halogens is 4. The first-order valence-corrected chi connectivity index (χ1v) is 6.06.